The predicted octanol–water partition coefficient (Wildman–Crippen LogP) is 4.56. The number of hydrogen-bond donors (Lipinski definition) is 1. The van der Waals surface area contributed by atoms with Gasteiger partial charge in [0.25, 0.3) is 0 Å². The van der Waals surface area contributed by atoms with E-state index in [2.05, 4.69) is 48.6 Å². The Hall–Kier alpha value is -2.09. The zero-order valence-corrected chi connectivity index (χ0v) is 14.6. The predicted molar refractivity (Wildman–Crippen MR) is 99.1 cm³/mol. The maximum Gasteiger partial charge on any atom is 0.230 e. The van der Waals surface area contributed by atoms with Gasteiger partial charge in [0.1, 0.15) is 0 Å². The average Bonchev–Trinajstić information content (AvgIpc) is 3.10. The van der Waals surface area contributed by atoms with Crippen molar-refractivity contribution in [2.75, 3.05) is 6.54 Å². The van der Waals surface area contributed by atoms with Crippen LogP contribution in [0.25, 0.3) is 0 Å². The summed E-state index contributed by atoms with van der Waals surface area (Å²) in [4.78, 5) is 12.9. The third-order valence-electron chi connectivity index (χ3n) is 5.23. The third-order valence-corrected chi connectivity index (χ3v) is 5.23. The smallest absolute Gasteiger partial charge is 0.230 e. The quantitative estimate of drug-likeness (QED) is 0.777. The first kappa shape index (κ1) is 16.8. The lowest BCUT2D eigenvalue weighted by molar-refractivity contribution is -0.126. The minimum Gasteiger partial charge on any atom is -0.355 e. The molecule has 0 unspecified atom stereocenters. The molecule has 2 aromatic carbocycles. The molecule has 0 saturated heterocycles. The number of carbonyl (C=O) groups is 1. The van der Waals surface area contributed by atoms with Gasteiger partial charge in [0.15, 0.2) is 0 Å². The van der Waals surface area contributed by atoms with Crippen LogP contribution in [0.15, 0.2) is 54.6 Å². The van der Waals surface area contributed by atoms with Gasteiger partial charge in [0.2, 0.25) is 5.91 Å². The van der Waals surface area contributed by atoms with Gasteiger partial charge in [0.05, 0.1) is 5.41 Å². The summed E-state index contributed by atoms with van der Waals surface area (Å²) < 4.78 is 0. The summed E-state index contributed by atoms with van der Waals surface area (Å²) in [5.74, 6) is 0.218. The first-order valence-corrected chi connectivity index (χ1v) is 9.10. The highest BCUT2D eigenvalue weighted by Crippen LogP contribution is 2.41. The van der Waals surface area contributed by atoms with Crippen molar-refractivity contribution in [3.05, 3.63) is 71.3 Å². The molecule has 2 heteroatoms. The first-order chi connectivity index (χ1) is 11.7. The van der Waals surface area contributed by atoms with E-state index in [9.17, 15) is 4.79 Å². The Labute approximate surface area is 145 Å². The van der Waals surface area contributed by atoms with Crippen LogP contribution in [0.4, 0.5) is 0 Å². The number of benzene rings is 2. The largest absolute Gasteiger partial charge is 0.355 e. The van der Waals surface area contributed by atoms with E-state index in [0.717, 1.165) is 45.1 Å². The lowest BCUT2D eigenvalue weighted by Gasteiger charge is -2.28. The number of aryl methyl sites for hydroxylation is 2. The molecular formula is C22H27NO. The standard InChI is InChI=1S/C22H27NO/c1-18-9-7-10-19(17-18)11-8-16-23-21(24)22(14-5-6-15-22)20-12-3-2-4-13-20/h2-4,7,9-10,12-13,17H,5-6,8,11,14-16H2,1H3,(H,23,24). The number of carbonyl (C=O) groups excluding carboxylic acids is 1. The van der Waals surface area contributed by atoms with Crippen LogP contribution in [-0.2, 0) is 16.6 Å². The summed E-state index contributed by atoms with van der Waals surface area (Å²) in [6.07, 6.45) is 6.24. The summed E-state index contributed by atoms with van der Waals surface area (Å²) >= 11 is 0. The summed E-state index contributed by atoms with van der Waals surface area (Å²) in [6.45, 7) is 2.87. The maximum atomic E-state index is 12.9. The lowest BCUT2D eigenvalue weighted by Crippen LogP contribution is -2.43. The van der Waals surface area contributed by atoms with Gasteiger partial charge < -0.3 is 5.32 Å². The molecular weight excluding hydrogens is 294 g/mol. The fraction of sp³-hybridized carbons (Fsp3) is 0.409. The number of amides is 1. The second-order valence-corrected chi connectivity index (χ2v) is 7.00. The van der Waals surface area contributed by atoms with Crippen molar-refractivity contribution in [2.24, 2.45) is 0 Å². The average molecular weight is 321 g/mol. The molecule has 3 rings (SSSR count). The van der Waals surface area contributed by atoms with E-state index in [-0.39, 0.29) is 11.3 Å². The molecule has 1 amide bonds. The monoisotopic (exact) mass is 321 g/mol. The van der Waals surface area contributed by atoms with E-state index in [1.165, 1.54) is 16.7 Å². The SMILES string of the molecule is Cc1cccc(CCCNC(=O)C2(c3ccccc3)CCCC2)c1. The molecule has 1 saturated carbocycles. The highest BCUT2D eigenvalue weighted by Gasteiger charge is 2.42. The van der Waals surface area contributed by atoms with Crippen LogP contribution in [-0.4, -0.2) is 12.5 Å². The minimum atomic E-state index is -0.301. The summed E-state index contributed by atoms with van der Waals surface area (Å²) in [5.41, 5.74) is 3.53. The van der Waals surface area contributed by atoms with Crippen LogP contribution < -0.4 is 5.32 Å². The molecule has 1 aliphatic carbocycles. The van der Waals surface area contributed by atoms with Crippen LogP contribution >= 0.6 is 0 Å². The molecule has 0 spiro atoms. The van der Waals surface area contributed by atoms with Gasteiger partial charge in [-0.2, -0.15) is 0 Å². The van der Waals surface area contributed by atoms with Crippen molar-refractivity contribution >= 4 is 5.91 Å². The molecule has 0 atom stereocenters. The van der Waals surface area contributed by atoms with Crippen LogP contribution in [0.2, 0.25) is 0 Å². The molecule has 24 heavy (non-hydrogen) atoms. The molecule has 126 valence electrons. The molecule has 0 bridgehead atoms. The second-order valence-electron chi connectivity index (χ2n) is 7.00. The molecule has 1 aliphatic rings. The molecule has 0 aliphatic heterocycles. The molecule has 1 N–H and O–H groups in total. The highest BCUT2D eigenvalue weighted by atomic mass is 16.2. The number of nitrogens with one attached hydrogen (secondary N) is 1. The zero-order chi connectivity index (χ0) is 16.8. The van der Waals surface area contributed by atoms with Crippen LogP contribution in [0.1, 0.15) is 48.8 Å². The van der Waals surface area contributed by atoms with E-state index >= 15 is 0 Å². The Kier molecular flexibility index (Phi) is 5.34. The van der Waals surface area contributed by atoms with Gasteiger partial charge in [-0.05, 0) is 43.7 Å². The Morgan fingerprint density at radius 2 is 1.79 bits per heavy atom. The Bertz CT molecular complexity index is 671. The normalized spacial score (nSPS) is 16.0. The van der Waals surface area contributed by atoms with Crippen LogP contribution in [0, 0.1) is 6.92 Å². The first-order valence-electron chi connectivity index (χ1n) is 9.10. The Morgan fingerprint density at radius 3 is 2.50 bits per heavy atom. The van der Waals surface area contributed by atoms with Crippen LogP contribution in [0.5, 0.6) is 0 Å². The summed E-state index contributed by atoms with van der Waals surface area (Å²) in [6, 6.07) is 18.9. The van der Waals surface area contributed by atoms with Crippen molar-refractivity contribution in [2.45, 2.75) is 50.9 Å². The summed E-state index contributed by atoms with van der Waals surface area (Å²) in [7, 11) is 0. The highest BCUT2D eigenvalue weighted by molar-refractivity contribution is 5.88. The van der Waals surface area contributed by atoms with Gasteiger partial charge in [0, 0.05) is 6.54 Å². The lowest BCUT2D eigenvalue weighted by atomic mass is 9.78. The van der Waals surface area contributed by atoms with Gasteiger partial charge in [-0.25, -0.2) is 0 Å². The molecule has 0 radical (unpaired) electrons. The van der Waals surface area contributed by atoms with E-state index in [1.54, 1.807) is 0 Å². The van der Waals surface area contributed by atoms with Crippen LogP contribution in [0.3, 0.4) is 0 Å². The Balaban J connectivity index is 1.57. The van der Waals surface area contributed by atoms with Crippen molar-refractivity contribution in [1.29, 1.82) is 0 Å². The Morgan fingerprint density at radius 1 is 1.04 bits per heavy atom. The van der Waals surface area contributed by atoms with Gasteiger partial charge >= 0.3 is 0 Å². The number of rotatable bonds is 6. The van der Waals surface area contributed by atoms with Gasteiger partial charge in [-0.15, -0.1) is 0 Å². The molecule has 0 heterocycles. The summed E-state index contributed by atoms with van der Waals surface area (Å²) in [5, 5.41) is 3.21. The fourth-order valence-electron chi connectivity index (χ4n) is 3.91. The molecule has 2 nitrogen and oxygen atoms in total. The minimum absolute atomic E-state index is 0.218. The second kappa shape index (κ2) is 7.65. The van der Waals surface area contributed by atoms with Gasteiger partial charge in [-0.1, -0.05) is 73.0 Å². The molecule has 1 fully saturated rings. The zero-order valence-electron chi connectivity index (χ0n) is 14.6. The van der Waals surface area contributed by atoms with Crippen molar-refractivity contribution in [1.82, 2.24) is 5.32 Å². The molecule has 0 aromatic heterocycles. The van der Waals surface area contributed by atoms with E-state index in [0.29, 0.717) is 0 Å². The number of hydrogen-bond acceptors (Lipinski definition) is 1. The van der Waals surface area contributed by atoms with Gasteiger partial charge in [-0.3, -0.25) is 4.79 Å². The van der Waals surface area contributed by atoms with Crippen molar-refractivity contribution < 1.29 is 4.79 Å². The van der Waals surface area contributed by atoms with E-state index in [1.807, 2.05) is 18.2 Å². The fourth-order valence-corrected chi connectivity index (χ4v) is 3.91. The van der Waals surface area contributed by atoms with Crippen molar-refractivity contribution in [3.8, 4) is 0 Å². The maximum absolute atomic E-state index is 12.9. The van der Waals surface area contributed by atoms with Crippen molar-refractivity contribution in [3.63, 3.8) is 0 Å². The molecule has 2 aromatic rings. The topological polar surface area (TPSA) is 29.1 Å². The van der Waals surface area contributed by atoms with E-state index < -0.39 is 0 Å². The van der Waals surface area contributed by atoms with E-state index in [4.69, 9.17) is 0 Å². The third kappa shape index (κ3) is 3.69.